The molecule has 0 saturated carbocycles. The number of anilines is 1. The second-order valence-electron chi connectivity index (χ2n) is 7.63. The Morgan fingerprint density at radius 2 is 1.60 bits per heavy atom. The number of hydrogen-bond acceptors (Lipinski definition) is 5. The first-order valence-corrected chi connectivity index (χ1v) is 10.3. The molecule has 30 heavy (non-hydrogen) atoms. The molecule has 0 radical (unpaired) electrons. The van der Waals surface area contributed by atoms with Gasteiger partial charge in [0.2, 0.25) is 5.91 Å². The third kappa shape index (κ3) is 4.76. The van der Waals surface area contributed by atoms with E-state index in [1.165, 1.54) is 18.2 Å². The maximum atomic E-state index is 13.4. The highest BCUT2D eigenvalue weighted by atomic mass is 19.1. The Bertz CT molecular complexity index is 878. The first kappa shape index (κ1) is 20.3. The molecule has 8 heteroatoms. The molecule has 0 atom stereocenters. The molecule has 0 spiro atoms. The summed E-state index contributed by atoms with van der Waals surface area (Å²) in [4.78, 5) is 37.5. The summed E-state index contributed by atoms with van der Waals surface area (Å²) in [6.07, 6.45) is 1.80. The lowest BCUT2D eigenvalue weighted by Gasteiger charge is -2.38. The lowest BCUT2D eigenvalue weighted by atomic mass is 10.1. The van der Waals surface area contributed by atoms with Gasteiger partial charge in [-0.2, -0.15) is 0 Å². The number of benzene rings is 1. The number of aromatic nitrogens is 1. The van der Waals surface area contributed by atoms with Crippen LogP contribution in [0.5, 0.6) is 0 Å². The maximum absolute atomic E-state index is 13.4. The third-order valence-electron chi connectivity index (χ3n) is 5.70. The second kappa shape index (κ2) is 9.21. The minimum atomic E-state index is -0.419. The van der Waals surface area contributed by atoms with Crippen LogP contribution in [-0.4, -0.2) is 90.4 Å². The van der Waals surface area contributed by atoms with E-state index in [0.717, 1.165) is 32.0 Å². The van der Waals surface area contributed by atoms with Crippen LogP contribution in [0.3, 0.4) is 0 Å². The number of hydrogen-bond donors (Lipinski definition) is 0. The molecule has 0 aliphatic carbocycles. The minimum absolute atomic E-state index is 0.0964. The molecule has 1 aromatic carbocycles. The summed E-state index contributed by atoms with van der Waals surface area (Å²) >= 11 is 0. The van der Waals surface area contributed by atoms with Gasteiger partial charge in [0.05, 0.1) is 6.54 Å². The molecule has 0 N–H and O–H groups in total. The van der Waals surface area contributed by atoms with E-state index in [4.69, 9.17) is 0 Å². The molecular weight excluding hydrogens is 385 g/mol. The van der Waals surface area contributed by atoms with Crippen molar-refractivity contribution in [1.29, 1.82) is 0 Å². The predicted octanol–water partition coefficient (Wildman–Crippen LogP) is 1.33. The summed E-state index contributed by atoms with van der Waals surface area (Å²) in [5, 5.41) is 0. The van der Waals surface area contributed by atoms with Crippen molar-refractivity contribution in [1.82, 2.24) is 19.7 Å². The topological polar surface area (TPSA) is 60.0 Å². The Kier molecular flexibility index (Phi) is 6.23. The fourth-order valence-electron chi connectivity index (χ4n) is 3.93. The van der Waals surface area contributed by atoms with Gasteiger partial charge >= 0.3 is 0 Å². The van der Waals surface area contributed by atoms with E-state index in [1.807, 2.05) is 23.1 Å². The monoisotopic (exact) mass is 411 g/mol. The van der Waals surface area contributed by atoms with Crippen LogP contribution in [0.15, 0.2) is 48.7 Å². The van der Waals surface area contributed by atoms with E-state index >= 15 is 0 Å². The number of amides is 2. The molecule has 0 bridgehead atoms. The Labute approximate surface area is 175 Å². The summed E-state index contributed by atoms with van der Waals surface area (Å²) in [6, 6.07) is 11.6. The van der Waals surface area contributed by atoms with Crippen LogP contribution in [0.2, 0.25) is 0 Å². The third-order valence-corrected chi connectivity index (χ3v) is 5.70. The second-order valence-corrected chi connectivity index (χ2v) is 7.63. The highest BCUT2D eigenvalue weighted by Gasteiger charge is 2.27. The fraction of sp³-hybridized carbons (Fsp3) is 0.409. The SMILES string of the molecule is O=C(CN1CCN(c2ccccn2)CC1)N1CCN(C(=O)c2cccc(F)c2)CC1. The molecule has 2 saturated heterocycles. The number of halogens is 1. The zero-order chi connectivity index (χ0) is 20.9. The number of pyridine rings is 1. The number of rotatable bonds is 4. The van der Waals surface area contributed by atoms with Gasteiger partial charge in [0.1, 0.15) is 11.6 Å². The average Bonchev–Trinajstić information content (AvgIpc) is 2.80. The van der Waals surface area contributed by atoms with Crippen LogP contribution in [0.1, 0.15) is 10.4 Å². The summed E-state index contributed by atoms with van der Waals surface area (Å²) in [7, 11) is 0. The average molecular weight is 411 g/mol. The zero-order valence-corrected chi connectivity index (χ0v) is 16.9. The largest absolute Gasteiger partial charge is 0.354 e. The van der Waals surface area contributed by atoms with Crippen LogP contribution in [0, 0.1) is 5.82 Å². The Hall–Kier alpha value is -3.00. The van der Waals surface area contributed by atoms with Gasteiger partial charge in [-0.3, -0.25) is 14.5 Å². The van der Waals surface area contributed by atoms with Crippen molar-refractivity contribution in [3.8, 4) is 0 Å². The Balaban J connectivity index is 1.23. The van der Waals surface area contributed by atoms with Crippen molar-refractivity contribution in [2.24, 2.45) is 0 Å². The highest BCUT2D eigenvalue weighted by Crippen LogP contribution is 2.14. The molecular formula is C22H26FN5O2. The van der Waals surface area contributed by atoms with Crippen LogP contribution < -0.4 is 4.90 Å². The standard InChI is InChI=1S/C22H26FN5O2/c23-19-5-3-4-18(16-19)22(30)28-14-12-27(13-15-28)21(29)17-25-8-10-26(11-9-25)20-6-1-2-7-24-20/h1-7,16H,8-15,17H2. The molecule has 2 aromatic rings. The summed E-state index contributed by atoms with van der Waals surface area (Å²) in [6.45, 7) is 5.68. The Morgan fingerprint density at radius 1 is 0.867 bits per heavy atom. The van der Waals surface area contributed by atoms with Crippen LogP contribution in [0.25, 0.3) is 0 Å². The summed E-state index contributed by atoms with van der Waals surface area (Å²) in [5.41, 5.74) is 0.348. The first-order valence-electron chi connectivity index (χ1n) is 10.3. The van der Waals surface area contributed by atoms with Gasteiger partial charge in [0.25, 0.3) is 5.91 Å². The number of nitrogens with zero attached hydrogens (tertiary/aromatic N) is 5. The van der Waals surface area contributed by atoms with Gasteiger partial charge < -0.3 is 14.7 Å². The Morgan fingerprint density at radius 3 is 2.27 bits per heavy atom. The zero-order valence-electron chi connectivity index (χ0n) is 16.9. The van der Waals surface area contributed by atoms with E-state index in [0.29, 0.717) is 38.3 Å². The van der Waals surface area contributed by atoms with Crippen LogP contribution in [0.4, 0.5) is 10.2 Å². The molecule has 2 aliphatic rings. The van der Waals surface area contributed by atoms with Crippen molar-refractivity contribution in [2.75, 3.05) is 63.8 Å². The van der Waals surface area contributed by atoms with Gasteiger partial charge in [-0.05, 0) is 30.3 Å². The number of piperazine rings is 2. The van der Waals surface area contributed by atoms with E-state index in [1.54, 1.807) is 17.2 Å². The van der Waals surface area contributed by atoms with Gasteiger partial charge in [-0.15, -0.1) is 0 Å². The number of carbonyl (C=O) groups excluding carboxylic acids is 2. The normalized spacial score (nSPS) is 17.8. The number of carbonyl (C=O) groups is 2. The van der Waals surface area contributed by atoms with Crippen molar-refractivity contribution >= 4 is 17.6 Å². The summed E-state index contributed by atoms with van der Waals surface area (Å²) in [5.74, 6) is 0.465. The molecule has 158 valence electrons. The molecule has 0 unspecified atom stereocenters. The first-order chi connectivity index (χ1) is 14.6. The highest BCUT2D eigenvalue weighted by molar-refractivity contribution is 5.94. The van der Waals surface area contributed by atoms with Crippen LogP contribution >= 0.6 is 0 Å². The molecule has 7 nitrogen and oxygen atoms in total. The van der Waals surface area contributed by atoms with Gasteiger partial charge in [-0.1, -0.05) is 12.1 Å². The lowest BCUT2D eigenvalue weighted by molar-refractivity contribution is -0.134. The van der Waals surface area contributed by atoms with Crippen LogP contribution in [-0.2, 0) is 4.79 Å². The maximum Gasteiger partial charge on any atom is 0.254 e. The van der Waals surface area contributed by atoms with E-state index in [2.05, 4.69) is 14.8 Å². The van der Waals surface area contributed by atoms with Gasteiger partial charge in [0, 0.05) is 64.1 Å². The quantitative estimate of drug-likeness (QED) is 0.760. The molecule has 1 aromatic heterocycles. The van der Waals surface area contributed by atoms with Crippen molar-refractivity contribution in [3.05, 3.63) is 60.0 Å². The lowest BCUT2D eigenvalue weighted by Crippen LogP contribution is -2.54. The van der Waals surface area contributed by atoms with E-state index in [9.17, 15) is 14.0 Å². The molecule has 2 aliphatic heterocycles. The predicted molar refractivity (Wildman–Crippen MR) is 112 cm³/mol. The summed E-state index contributed by atoms with van der Waals surface area (Å²) < 4.78 is 13.4. The van der Waals surface area contributed by atoms with E-state index < -0.39 is 5.82 Å². The van der Waals surface area contributed by atoms with E-state index in [-0.39, 0.29) is 11.8 Å². The van der Waals surface area contributed by atoms with Crippen molar-refractivity contribution in [3.63, 3.8) is 0 Å². The molecule has 2 amide bonds. The molecule has 4 rings (SSSR count). The fourth-order valence-corrected chi connectivity index (χ4v) is 3.93. The van der Waals surface area contributed by atoms with Crippen molar-refractivity contribution in [2.45, 2.75) is 0 Å². The van der Waals surface area contributed by atoms with Gasteiger partial charge in [-0.25, -0.2) is 9.37 Å². The smallest absolute Gasteiger partial charge is 0.254 e. The van der Waals surface area contributed by atoms with Crippen molar-refractivity contribution < 1.29 is 14.0 Å². The molecule has 3 heterocycles. The van der Waals surface area contributed by atoms with Gasteiger partial charge in [0.15, 0.2) is 0 Å². The molecule has 2 fully saturated rings. The minimum Gasteiger partial charge on any atom is -0.354 e.